The standard InChI is InChI=1S/C18H28BNO4/c1-12(2)11-20-16(21)13-8-9-15(22-7)14(10-13)19-23-17(3,4)18(5,6)24-19/h8-10,12H,11H2,1-7H3,(H,20,21). The number of hydrogen-bond acceptors (Lipinski definition) is 4. The van der Waals surface area contributed by atoms with Crippen molar-refractivity contribution in [2.24, 2.45) is 5.92 Å². The number of amides is 1. The Morgan fingerprint density at radius 3 is 2.29 bits per heavy atom. The van der Waals surface area contributed by atoms with E-state index in [-0.39, 0.29) is 5.91 Å². The van der Waals surface area contributed by atoms with Crippen LogP contribution in [0.1, 0.15) is 51.9 Å². The molecule has 1 aliphatic rings. The normalized spacial score (nSPS) is 18.8. The number of methoxy groups -OCH3 is 1. The first kappa shape index (κ1) is 18.8. The fourth-order valence-corrected chi connectivity index (χ4v) is 2.43. The summed E-state index contributed by atoms with van der Waals surface area (Å²) in [6.45, 7) is 12.7. The maximum absolute atomic E-state index is 12.3. The molecule has 1 saturated heterocycles. The van der Waals surface area contributed by atoms with Crippen molar-refractivity contribution in [1.29, 1.82) is 0 Å². The zero-order valence-electron chi connectivity index (χ0n) is 15.7. The summed E-state index contributed by atoms with van der Waals surface area (Å²) in [5.74, 6) is 0.938. The summed E-state index contributed by atoms with van der Waals surface area (Å²) >= 11 is 0. The molecule has 2 rings (SSSR count). The Kier molecular flexibility index (Phi) is 5.30. The van der Waals surface area contributed by atoms with E-state index in [4.69, 9.17) is 14.0 Å². The lowest BCUT2D eigenvalue weighted by molar-refractivity contribution is 0.00578. The highest BCUT2D eigenvalue weighted by molar-refractivity contribution is 6.63. The Labute approximate surface area is 145 Å². The van der Waals surface area contributed by atoms with Crippen molar-refractivity contribution < 1.29 is 18.8 Å². The van der Waals surface area contributed by atoms with Crippen LogP contribution in [-0.4, -0.2) is 37.9 Å². The molecule has 0 aromatic heterocycles. The summed E-state index contributed by atoms with van der Waals surface area (Å²) < 4.78 is 17.6. The van der Waals surface area contributed by atoms with Gasteiger partial charge in [0.1, 0.15) is 5.75 Å². The summed E-state index contributed by atoms with van der Waals surface area (Å²) in [5.41, 5.74) is 0.409. The third kappa shape index (κ3) is 3.76. The second-order valence-electron chi connectivity index (χ2n) is 7.65. The van der Waals surface area contributed by atoms with Crippen molar-refractivity contribution in [2.75, 3.05) is 13.7 Å². The van der Waals surface area contributed by atoms with Crippen LogP contribution >= 0.6 is 0 Å². The molecular weight excluding hydrogens is 305 g/mol. The Bertz CT molecular complexity index is 597. The number of benzene rings is 1. The monoisotopic (exact) mass is 333 g/mol. The highest BCUT2D eigenvalue weighted by Gasteiger charge is 2.52. The summed E-state index contributed by atoms with van der Waals surface area (Å²) in [6.07, 6.45) is 0. The predicted molar refractivity (Wildman–Crippen MR) is 95.9 cm³/mol. The first-order valence-corrected chi connectivity index (χ1v) is 8.39. The first-order chi connectivity index (χ1) is 11.1. The number of nitrogens with one attached hydrogen (secondary N) is 1. The van der Waals surface area contributed by atoms with Gasteiger partial charge in [-0.2, -0.15) is 0 Å². The molecule has 1 aromatic rings. The van der Waals surface area contributed by atoms with Crippen molar-refractivity contribution in [3.63, 3.8) is 0 Å². The van der Waals surface area contributed by atoms with Gasteiger partial charge in [0.05, 0.1) is 18.3 Å². The molecular formula is C18H28BNO4. The summed E-state index contributed by atoms with van der Waals surface area (Å²) in [5, 5.41) is 2.92. The molecule has 1 amide bonds. The van der Waals surface area contributed by atoms with Crippen molar-refractivity contribution in [1.82, 2.24) is 5.32 Å². The van der Waals surface area contributed by atoms with Crippen LogP contribution in [0.4, 0.5) is 0 Å². The second-order valence-corrected chi connectivity index (χ2v) is 7.65. The summed E-state index contributed by atoms with van der Waals surface area (Å²) in [7, 11) is 1.03. The predicted octanol–water partition coefficient (Wildman–Crippen LogP) is 2.38. The molecule has 1 aromatic carbocycles. The largest absolute Gasteiger partial charge is 0.498 e. The summed E-state index contributed by atoms with van der Waals surface area (Å²) in [4.78, 5) is 12.3. The maximum Gasteiger partial charge on any atom is 0.498 e. The van der Waals surface area contributed by atoms with E-state index in [2.05, 4.69) is 19.2 Å². The van der Waals surface area contributed by atoms with Crippen LogP contribution in [0.5, 0.6) is 5.75 Å². The quantitative estimate of drug-likeness (QED) is 0.841. The molecule has 0 unspecified atom stereocenters. The molecule has 5 nitrogen and oxygen atoms in total. The van der Waals surface area contributed by atoms with Gasteiger partial charge in [-0.15, -0.1) is 0 Å². The molecule has 24 heavy (non-hydrogen) atoms. The van der Waals surface area contributed by atoms with Gasteiger partial charge in [0.2, 0.25) is 0 Å². The lowest BCUT2D eigenvalue weighted by Gasteiger charge is -2.32. The highest BCUT2D eigenvalue weighted by Crippen LogP contribution is 2.37. The Morgan fingerprint density at radius 2 is 1.79 bits per heavy atom. The van der Waals surface area contributed by atoms with Crippen molar-refractivity contribution >= 4 is 18.5 Å². The van der Waals surface area contributed by atoms with Gasteiger partial charge in [0.25, 0.3) is 5.91 Å². The van der Waals surface area contributed by atoms with Gasteiger partial charge < -0.3 is 19.4 Å². The van der Waals surface area contributed by atoms with Crippen LogP contribution in [0.2, 0.25) is 0 Å². The summed E-state index contributed by atoms with van der Waals surface area (Å²) in [6, 6.07) is 5.32. The Hall–Kier alpha value is -1.53. The second kappa shape index (κ2) is 6.77. The molecule has 1 N–H and O–H groups in total. The number of rotatable bonds is 5. The van der Waals surface area contributed by atoms with E-state index < -0.39 is 18.3 Å². The van der Waals surface area contributed by atoms with E-state index in [9.17, 15) is 4.79 Å². The van der Waals surface area contributed by atoms with Crippen LogP contribution in [0.25, 0.3) is 0 Å². The van der Waals surface area contributed by atoms with Gasteiger partial charge in [0, 0.05) is 17.6 Å². The third-order valence-electron chi connectivity index (χ3n) is 4.67. The molecule has 132 valence electrons. The van der Waals surface area contributed by atoms with Crippen molar-refractivity contribution in [3.8, 4) is 5.75 Å². The maximum atomic E-state index is 12.3. The first-order valence-electron chi connectivity index (χ1n) is 8.39. The fraction of sp³-hybridized carbons (Fsp3) is 0.611. The van der Waals surface area contributed by atoms with Crippen LogP contribution < -0.4 is 15.5 Å². The third-order valence-corrected chi connectivity index (χ3v) is 4.67. The van der Waals surface area contributed by atoms with Gasteiger partial charge >= 0.3 is 7.12 Å². The minimum Gasteiger partial charge on any atom is -0.497 e. The number of carbonyl (C=O) groups is 1. The molecule has 1 aliphatic heterocycles. The van der Waals surface area contributed by atoms with E-state index in [0.717, 1.165) is 5.46 Å². The van der Waals surface area contributed by atoms with Crippen LogP contribution in [-0.2, 0) is 9.31 Å². The fourth-order valence-electron chi connectivity index (χ4n) is 2.43. The smallest absolute Gasteiger partial charge is 0.497 e. The van der Waals surface area contributed by atoms with Crippen LogP contribution in [0.15, 0.2) is 18.2 Å². The SMILES string of the molecule is COc1ccc(C(=O)NCC(C)C)cc1B1OC(C)(C)C(C)(C)O1. The van der Waals surface area contributed by atoms with Crippen molar-refractivity contribution in [2.45, 2.75) is 52.7 Å². The minimum atomic E-state index is -0.567. The van der Waals surface area contributed by atoms with Gasteiger partial charge in [-0.25, -0.2) is 0 Å². The van der Waals surface area contributed by atoms with E-state index in [0.29, 0.717) is 23.8 Å². The van der Waals surface area contributed by atoms with Gasteiger partial charge in [-0.3, -0.25) is 4.79 Å². The minimum absolute atomic E-state index is 0.107. The van der Waals surface area contributed by atoms with E-state index >= 15 is 0 Å². The molecule has 0 bridgehead atoms. The number of carbonyl (C=O) groups excluding carboxylic acids is 1. The number of hydrogen-bond donors (Lipinski definition) is 1. The molecule has 6 heteroatoms. The van der Waals surface area contributed by atoms with Crippen molar-refractivity contribution in [3.05, 3.63) is 23.8 Å². The molecule has 0 spiro atoms. The van der Waals surface area contributed by atoms with Gasteiger partial charge in [-0.1, -0.05) is 13.8 Å². The lowest BCUT2D eigenvalue weighted by Crippen LogP contribution is -2.41. The molecule has 1 fully saturated rings. The van der Waals surface area contributed by atoms with E-state index in [1.165, 1.54) is 0 Å². The lowest BCUT2D eigenvalue weighted by atomic mass is 9.77. The van der Waals surface area contributed by atoms with E-state index in [1.807, 2.05) is 27.7 Å². The highest BCUT2D eigenvalue weighted by atomic mass is 16.7. The van der Waals surface area contributed by atoms with Gasteiger partial charge in [0.15, 0.2) is 0 Å². The molecule has 1 heterocycles. The zero-order valence-corrected chi connectivity index (χ0v) is 15.7. The molecule has 0 aliphatic carbocycles. The topological polar surface area (TPSA) is 56.8 Å². The molecule has 0 atom stereocenters. The van der Waals surface area contributed by atoms with Crippen LogP contribution in [0.3, 0.4) is 0 Å². The number of ether oxygens (including phenoxy) is 1. The average molecular weight is 333 g/mol. The zero-order chi connectivity index (χ0) is 18.1. The van der Waals surface area contributed by atoms with Gasteiger partial charge in [-0.05, 0) is 51.8 Å². The van der Waals surface area contributed by atoms with Crippen LogP contribution in [0, 0.1) is 5.92 Å². The molecule has 0 saturated carbocycles. The van der Waals surface area contributed by atoms with E-state index in [1.54, 1.807) is 25.3 Å². The average Bonchev–Trinajstić information content (AvgIpc) is 2.72. The Morgan fingerprint density at radius 1 is 1.21 bits per heavy atom. The Balaban J connectivity index is 2.29. The molecule has 0 radical (unpaired) electrons.